The highest BCUT2D eigenvalue weighted by molar-refractivity contribution is 7.09. The zero-order chi connectivity index (χ0) is 33.4. The maximum Gasteiger partial charge on any atom is 0.407 e. The van der Waals surface area contributed by atoms with Crippen LogP contribution in [0.15, 0.2) is 47.4 Å². The van der Waals surface area contributed by atoms with Crippen LogP contribution in [-0.4, -0.2) is 91.3 Å². The quantitative estimate of drug-likeness (QED) is 0.184. The lowest BCUT2D eigenvalue weighted by Gasteiger charge is -2.29. The van der Waals surface area contributed by atoms with Gasteiger partial charge in [-0.1, -0.05) is 55.5 Å². The first-order valence-corrected chi connectivity index (χ1v) is 18.0. The molecule has 1 aliphatic heterocycles. The number of H-pyrrole nitrogens is 1. The second-order valence-electron chi connectivity index (χ2n) is 12.0. The molecule has 3 aromatic rings. The Kier molecular flexibility index (Phi) is 14.9. The maximum atomic E-state index is 13.4. The molecule has 1 saturated heterocycles. The Labute approximate surface area is 285 Å². The predicted octanol–water partition coefficient (Wildman–Crippen LogP) is 3.81. The van der Waals surface area contributed by atoms with E-state index in [1.807, 2.05) is 35.7 Å². The summed E-state index contributed by atoms with van der Waals surface area (Å²) in [7, 11) is 1.73. The van der Waals surface area contributed by atoms with Crippen molar-refractivity contribution in [1.82, 2.24) is 30.7 Å². The van der Waals surface area contributed by atoms with Gasteiger partial charge < -0.3 is 30.3 Å². The van der Waals surface area contributed by atoms with E-state index in [4.69, 9.17) is 9.47 Å². The average molecular weight is 687 g/mol. The number of amides is 4. The third-order valence-electron chi connectivity index (χ3n) is 7.85. The summed E-state index contributed by atoms with van der Waals surface area (Å²) in [5.41, 5.74) is 3.75. The molecule has 0 bridgehead atoms. The zero-order valence-corrected chi connectivity index (χ0v) is 29.2. The van der Waals surface area contributed by atoms with Crippen LogP contribution >= 0.6 is 22.7 Å². The summed E-state index contributed by atoms with van der Waals surface area (Å²) in [5.74, 6) is 0.161. The van der Waals surface area contributed by atoms with Crippen LogP contribution in [0.5, 0.6) is 0 Å². The number of morpholine rings is 1. The Balaban J connectivity index is 1.29. The summed E-state index contributed by atoms with van der Waals surface area (Å²) in [6.45, 7) is 8.85. The van der Waals surface area contributed by atoms with Gasteiger partial charge in [-0.25, -0.2) is 14.6 Å². The molecule has 4 rings (SSSR count). The van der Waals surface area contributed by atoms with Gasteiger partial charge in [0, 0.05) is 51.4 Å². The summed E-state index contributed by atoms with van der Waals surface area (Å²) in [4.78, 5) is 51.4. The van der Waals surface area contributed by atoms with Crippen LogP contribution in [0.3, 0.4) is 0 Å². The van der Waals surface area contributed by atoms with Gasteiger partial charge in [0.25, 0.3) is 0 Å². The molecule has 2 aromatic heterocycles. The molecule has 256 valence electrons. The monoisotopic (exact) mass is 686 g/mol. The number of thiazole rings is 2. The lowest BCUT2D eigenvalue weighted by atomic mass is 10.0. The van der Waals surface area contributed by atoms with E-state index in [1.54, 1.807) is 35.0 Å². The fourth-order valence-electron chi connectivity index (χ4n) is 5.17. The molecule has 1 fully saturated rings. The molecule has 47 heavy (non-hydrogen) atoms. The third kappa shape index (κ3) is 12.9. The van der Waals surface area contributed by atoms with E-state index in [0.29, 0.717) is 64.4 Å². The number of carbonyl (C=O) groups excluding carboxylic acids is 3. The molecular weight excluding hydrogens is 639 g/mol. The molecule has 0 spiro atoms. The van der Waals surface area contributed by atoms with Crippen molar-refractivity contribution >= 4 is 40.7 Å². The smallest absolute Gasteiger partial charge is 0.407 e. The lowest BCUT2D eigenvalue weighted by Crippen LogP contribution is -2.52. The highest BCUT2D eigenvalue weighted by Gasteiger charge is 2.25. The Hall–Kier alpha value is -3.59. The van der Waals surface area contributed by atoms with Gasteiger partial charge in [0.15, 0.2) is 0 Å². The molecule has 14 heteroatoms. The second kappa shape index (κ2) is 19.3. The molecular formula is C33H48N7O5S2+. The molecule has 4 amide bonds. The molecule has 1 aliphatic rings. The minimum Gasteiger partial charge on any atom is -0.444 e. The topological polar surface area (TPSA) is 139 Å². The number of ether oxygens (including phenoxy) is 2. The van der Waals surface area contributed by atoms with Crippen molar-refractivity contribution in [1.29, 1.82) is 0 Å². The number of aromatic amines is 1. The normalized spacial score (nSPS) is 14.7. The summed E-state index contributed by atoms with van der Waals surface area (Å²) in [5, 5.41) is 12.2. The van der Waals surface area contributed by atoms with Gasteiger partial charge >= 0.3 is 12.1 Å². The van der Waals surface area contributed by atoms with Gasteiger partial charge in [-0.15, -0.1) is 11.3 Å². The van der Waals surface area contributed by atoms with Crippen LogP contribution in [0.1, 0.15) is 60.2 Å². The highest BCUT2D eigenvalue weighted by Crippen LogP contribution is 2.16. The van der Waals surface area contributed by atoms with Gasteiger partial charge in [0.2, 0.25) is 16.6 Å². The molecule has 4 N–H and O–H groups in total. The Morgan fingerprint density at radius 1 is 1.11 bits per heavy atom. The highest BCUT2D eigenvalue weighted by atomic mass is 32.1. The van der Waals surface area contributed by atoms with E-state index in [0.717, 1.165) is 34.2 Å². The second-order valence-corrected chi connectivity index (χ2v) is 13.9. The molecule has 1 unspecified atom stereocenters. The summed E-state index contributed by atoms with van der Waals surface area (Å²) >= 11 is 3.08. The van der Waals surface area contributed by atoms with Crippen molar-refractivity contribution in [2.24, 2.45) is 0 Å². The SMILES string of the molecule is CC(C)c1[nH+]c(CN(C)C(=O)NC(CCN2CCOCC2)C(=O)NCCC[C@H](Cc2ccccc2)NC(=O)OCc2cncs2)cs1. The third-order valence-corrected chi connectivity index (χ3v) is 9.83. The van der Waals surface area contributed by atoms with E-state index in [9.17, 15) is 14.4 Å². The first-order chi connectivity index (χ1) is 22.8. The maximum absolute atomic E-state index is 13.4. The van der Waals surface area contributed by atoms with Gasteiger partial charge in [0.05, 0.1) is 29.0 Å². The number of nitrogens with zero attached hydrogens (tertiary/aromatic N) is 3. The van der Waals surface area contributed by atoms with Gasteiger partial charge in [0.1, 0.15) is 19.2 Å². The number of aromatic nitrogens is 2. The molecule has 0 radical (unpaired) electrons. The predicted molar refractivity (Wildman–Crippen MR) is 182 cm³/mol. The average Bonchev–Trinajstić information content (AvgIpc) is 3.77. The van der Waals surface area contributed by atoms with Crippen molar-refractivity contribution in [2.75, 3.05) is 46.4 Å². The van der Waals surface area contributed by atoms with Gasteiger partial charge in [-0.2, -0.15) is 0 Å². The summed E-state index contributed by atoms with van der Waals surface area (Å²) in [6.07, 6.45) is 3.58. The van der Waals surface area contributed by atoms with Crippen LogP contribution in [0, 0.1) is 0 Å². The standard InChI is InChI=1S/C33H47N7O5S2/c1-24(2)31-36-27(22-46-31)20-39(3)32(42)38-29(11-13-40-14-16-44-17-15-40)30(41)35-12-7-10-26(18-25-8-5-4-6-9-25)37-33(43)45-21-28-19-34-23-47-28/h4-6,8-9,19,22-24,26,29H,7,10-18,20-21H2,1-3H3,(H,35,41)(H,37,43)(H,38,42)/p+1/t26-,29?/m1/s1. The summed E-state index contributed by atoms with van der Waals surface area (Å²) in [6, 6.07) is 8.78. The summed E-state index contributed by atoms with van der Waals surface area (Å²) < 4.78 is 10.9. The van der Waals surface area contributed by atoms with Crippen LogP contribution in [0.2, 0.25) is 0 Å². The molecule has 2 atom stereocenters. The first kappa shape index (κ1) is 36.2. The van der Waals surface area contributed by atoms with E-state index in [2.05, 4.69) is 44.7 Å². The molecule has 12 nitrogen and oxygen atoms in total. The van der Waals surface area contributed by atoms with Crippen molar-refractivity contribution in [3.63, 3.8) is 0 Å². The number of rotatable bonds is 17. The van der Waals surface area contributed by atoms with E-state index in [-0.39, 0.29) is 24.6 Å². The molecule has 0 saturated carbocycles. The lowest BCUT2D eigenvalue weighted by molar-refractivity contribution is -0.397. The largest absolute Gasteiger partial charge is 0.444 e. The molecule has 1 aromatic carbocycles. The minimum atomic E-state index is -0.689. The molecule has 0 aliphatic carbocycles. The number of nitrogens with one attached hydrogen (secondary N) is 4. The zero-order valence-electron chi connectivity index (χ0n) is 27.5. The van der Waals surface area contributed by atoms with Gasteiger partial charge in [-0.05, 0) is 31.2 Å². The van der Waals surface area contributed by atoms with E-state index < -0.39 is 12.1 Å². The van der Waals surface area contributed by atoms with Crippen LogP contribution in [0.4, 0.5) is 9.59 Å². The Morgan fingerprint density at radius 2 is 1.89 bits per heavy atom. The van der Waals surface area contributed by atoms with Crippen molar-refractivity contribution in [3.8, 4) is 0 Å². The number of hydrogen-bond acceptors (Lipinski definition) is 9. The Bertz CT molecular complexity index is 1370. The van der Waals surface area contributed by atoms with Crippen LogP contribution in [0.25, 0.3) is 0 Å². The van der Waals surface area contributed by atoms with Crippen LogP contribution < -0.4 is 20.9 Å². The van der Waals surface area contributed by atoms with Crippen molar-refractivity contribution < 1.29 is 28.8 Å². The Morgan fingerprint density at radius 3 is 2.60 bits per heavy atom. The number of hydrogen-bond donors (Lipinski definition) is 3. The van der Waals surface area contributed by atoms with Crippen molar-refractivity contribution in [3.05, 3.63) is 68.6 Å². The van der Waals surface area contributed by atoms with Crippen molar-refractivity contribution in [2.45, 2.75) is 70.7 Å². The number of carbonyl (C=O) groups is 3. The number of benzene rings is 1. The first-order valence-electron chi connectivity index (χ1n) is 16.2. The number of urea groups is 1. The van der Waals surface area contributed by atoms with Gasteiger partial charge in [-0.3, -0.25) is 14.7 Å². The molecule has 3 heterocycles. The fourth-order valence-corrected chi connectivity index (χ4v) is 6.54. The van der Waals surface area contributed by atoms with E-state index in [1.165, 1.54) is 11.3 Å². The van der Waals surface area contributed by atoms with E-state index >= 15 is 0 Å². The van der Waals surface area contributed by atoms with Crippen LogP contribution in [-0.2, 0) is 33.8 Å². The fraction of sp³-hybridized carbons (Fsp3) is 0.545. The number of alkyl carbamates (subject to hydrolysis) is 1. The minimum absolute atomic E-state index is 0.169.